The number of rotatable bonds is 4. The van der Waals surface area contributed by atoms with E-state index in [0.29, 0.717) is 17.8 Å². The van der Waals surface area contributed by atoms with Gasteiger partial charge in [0.15, 0.2) is 0 Å². The third-order valence-electron chi connectivity index (χ3n) is 4.11. The maximum absolute atomic E-state index is 13.0. The number of halogens is 4. The molecule has 0 saturated carbocycles. The molecule has 4 rings (SSSR count). The Morgan fingerprint density at radius 2 is 1.69 bits per heavy atom. The van der Waals surface area contributed by atoms with E-state index >= 15 is 0 Å². The summed E-state index contributed by atoms with van der Waals surface area (Å²) in [6.07, 6.45) is -2.76. The monoisotopic (exact) mass is 469 g/mol. The van der Waals surface area contributed by atoms with Gasteiger partial charge in [-0.3, -0.25) is 0 Å². The van der Waals surface area contributed by atoms with Crippen LogP contribution >= 0.6 is 22.6 Å². The molecule has 0 saturated heterocycles. The fraction of sp³-hybridized carbons (Fsp3) is 0.176. The van der Waals surface area contributed by atoms with Crippen molar-refractivity contribution in [2.75, 3.05) is 0 Å². The first-order chi connectivity index (χ1) is 12.4. The zero-order chi connectivity index (χ0) is 18.4. The summed E-state index contributed by atoms with van der Waals surface area (Å²) in [6, 6.07) is 13.8. The van der Waals surface area contributed by atoms with Gasteiger partial charge in [0.25, 0.3) is 0 Å². The molecule has 3 aromatic rings. The third-order valence-corrected chi connectivity index (χ3v) is 5.16. The quantitative estimate of drug-likeness (QED) is 0.517. The number of aromatic nitrogens is 3. The van der Waals surface area contributed by atoms with Crippen molar-refractivity contribution in [1.82, 2.24) is 15.0 Å². The van der Waals surface area contributed by atoms with Gasteiger partial charge in [0, 0.05) is 14.7 Å². The summed E-state index contributed by atoms with van der Waals surface area (Å²) in [7, 11) is 0. The zero-order valence-electron chi connectivity index (χ0n) is 13.2. The topological polar surface area (TPSA) is 55.4 Å². The lowest BCUT2D eigenvalue weighted by atomic mass is 10.0. The van der Waals surface area contributed by atoms with Crippen molar-refractivity contribution in [2.45, 2.75) is 18.4 Å². The minimum absolute atomic E-state index is 0.0000175. The Hall–Kier alpha value is -2.30. The number of nitrogens with zero attached hydrogens (tertiary/aromatic N) is 5. The van der Waals surface area contributed by atoms with E-state index in [4.69, 9.17) is 0 Å². The molecule has 1 aromatic heterocycles. The highest BCUT2D eigenvalue weighted by molar-refractivity contribution is 14.1. The van der Waals surface area contributed by atoms with Gasteiger partial charge in [0.05, 0.1) is 12.7 Å². The van der Waals surface area contributed by atoms with Gasteiger partial charge in [-0.2, -0.15) is 13.2 Å². The van der Waals surface area contributed by atoms with E-state index in [1.807, 2.05) is 24.3 Å². The SMILES string of the molecule is FC(F)(F)C1(c2ccc(-c3cn(Cc4ccccc4I)nn3)cc2)N=N1. The number of benzene rings is 2. The van der Waals surface area contributed by atoms with Gasteiger partial charge in [-0.15, -0.1) is 15.3 Å². The molecule has 1 aliphatic heterocycles. The van der Waals surface area contributed by atoms with E-state index in [1.54, 1.807) is 23.0 Å². The minimum Gasteiger partial charge on any atom is -0.247 e. The summed E-state index contributed by atoms with van der Waals surface area (Å²) >= 11 is 2.26. The molecule has 2 heterocycles. The van der Waals surface area contributed by atoms with Gasteiger partial charge in [0.2, 0.25) is 0 Å². The smallest absolute Gasteiger partial charge is 0.247 e. The average molecular weight is 469 g/mol. The molecule has 0 spiro atoms. The number of hydrogen-bond donors (Lipinski definition) is 0. The van der Waals surface area contributed by atoms with Gasteiger partial charge < -0.3 is 0 Å². The van der Waals surface area contributed by atoms with Crippen LogP contribution in [-0.2, 0) is 12.2 Å². The van der Waals surface area contributed by atoms with Crippen LogP contribution < -0.4 is 0 Å². The van der Waals surface area contributed by atoms with Crippen LogP contribution in [0.3, 0.4) is 0 Å². The molecule has 2 aromatic carbocycles. The number of hydrogen-bond acceptors (Lipinski definition) is 4. The van der Waals surface area contributed by atoms with E-state index in [9.17, 15) is 13.2 Å². The van der Waals surface area contributed by atoms with Crippen LogP contribution in [0, 0.1) is 3.57 Å². The van der Waals surface area contributed by atoms with E-state index in [2.05, 4.69) is 43.1 Å². The predicted octanol–water partition coefficient (Wildman–Crippen LogP) is 4.78. The first-order valence-electron chi connectivity index (χ1n) is 7.64. The molecule has 0 fully saturated rings. The molecule has 0 radical (unpaired) electrons. The molecule has 26 heavy (non-hydrogen) atoms. The van der Waals surface area contributed by atoms with Crippen LogP contribution in [0.25, 0.3) is 11.3 Å². The third kappa shape index (κ3) is 3.00. The summed E-state index contributed by atoms with van der Waals surface area (Å²) in [5, 5.41) is 14.6. The Labute approximate surface area is 160 Å². The van der Waals surface area contributed by atoms with Gasteiger partial charge >= 0.3 is 11.8 Å². The molecule has 1 aliphatic rings. The van der Waals surface area contributed by atoms with Crippen molar-refractivity contribution in [3.05, 3.63) is 69.4 Å². The van der Waals surface area contributed by atoms with Crippen molar-refractivity contribution < 1.29 is 13.2 Å². The molecule has 132 valence electrons. The van der Waals surface area contributed by atoms with E-state index in [0.717, 1.165) is 9.13 Å². The van der Waals surface area contributed by atoms with E-state index in [1.165, 1.54) is 12.1 Å². The van der Waals surface area contributed by atoms with Gasteiger partial charge in [-0.05, 0) is 34.2 Å². The van der Waals surface area contributed by atoms with E-state index < -0.39 is 11.8 Å². The lowest BCUT2D eigenvalue weighted by molar-refractivity contribution is -0.166. The van der Waals surface area contributed by atoms with Crippen LogP contribution in [0.5, 0.6) is 0 Å². The van der Waals surface area contributed by atoms with Crippen molar-refractivity contribution in [3.63, 3.8) is 0 Å². The summed E-state index contributed by atoms with van der Waals surface area (Å²) in [5.74, 6) is 0. The molecule has 0 bridgehead atoms. The second-order valence-electron chi connectivity index (χ2n) is 5.84. The lowest BCUT2D eigenvalue weighted by Crippen LogP contribution is -2.29. The molecule has 5 nitrogen and oxygen atoms in total. The van der Waals surface area contributed by atoms with E-state index in [-0.39, 0.29) is 5.56 Å². The van der Waals surface area contributed by atoms with Crippen molar-refractivity contribution in [2.24, 2.45) is 10.2 Å². The zero-order valence-corrected chi connectivity index (χ0v) is 15.3. The van der Waals surface area contributed by atoms with Crippen LogP contribution in [-0.4, -0.2) is 21.2 Å². The first-order valence-corrected chi connectivity index (χ1v) is 8.72. The average Bonchev–Trinajstić information content (AvgIpc) is 3.32. The molecule has 0 N–H and O–H groups in total. The summed E-state index contributed by atoms with van der Waals surface area (Å²) in [6.45, 7) is 0.569. The highest BCUT2D eigenvalue weighted by Gasteiger charge is 2.65. The Balaban J connectivity index is 1.54. The molecular weight excluding hydrogens is 458 g/mol. The maximum atomic E-state index is 13.0. The van der Waals surface area contributed by atoms with Crippen molar-refractivity contribution in [1.29, 1.82) is 0 Å². The number of alkyl halides is 3. The second-order valence-corrected chi connectivity index (χ2v) is 7.00. The second kappa shape index (κ2) is 6.15. The fourth-order valence-electron chi connectivity index (χ4n) is 2.63. The molecule has 0 atom stereocenters. The van der Waals surface area contributed by atoms with Crippen molar-refractivity contribution in [3.8, 4) is 11.3 Å². The molecule has 0 amide bonds. The van der Waals surface area contributed by atoms with Gasteiger partial charge in [-0.1, -0.05) is 47.7 Å². The largest absolute Gasteiger partial charge is 0.442 e. The Bertz CT molecular complexity index is 973. The fourth-order valence-corrected chi connectivity index (χ4v) is 3.18. The minimum atomic E-state index is -4.52. The highest BCUT2D eigenvalue weighted by atomic mass is 127. The molecule has 0 unspecified atom stereocenters. The van der Waals surface area contributed by atoms with Gasteiger partial charge in [-0.25, -0.2) is 4.68 Å². The van der Waals surface area contributed by atoms with Crippen molar-refractivity contribution >= 4 is 22.6 Å². The molecule has 9 heteroatoms. The Morgan fingerprint density at radius 1 is 1.00 bits per heavy atom. The summed E-state index contributed by atoms with van der Waals surface area (Å²) in [4.78, 5) is 0. The predicted molar refractivity (Wildman–Crippen MR) is 96.3 cm³/mol. The van der Waals surface area contributed by atoms with Crippen LogP contribution in [0.1, 0.15) is 11.1 Å². The van der Waals surface area contributed by atoms with Crippen LogP contribution in [0.4, 0.5) is 13.2 Å². The van der Waals surface area contributed by atoms with Crippen LogP contribution in [0.2, 0.25) is 0 Å². The maximum Gasteiger partial charge on any atom is 0.442 e. The molecular formula is C17H11F3IN5. The standard InChI is InChI=1S/C17H11F3IN5/c18-17(19,20)16(23-24-16)13-7-5-11(6-8-13)15-10-26(25-22-15)9-12-3-1-2-4-14(12)21/h1-8,10H,9H2. The first kappa shape index (κ1) is 17.1. The summed E-state index contributed by atoms with van der Waals surface area (Å²) in [5.41, 5.74) is -0.00874. The normalized spacial score (nSPS) is 15.2. The summed E-state index contributed by atoms with van der Waals surface area (Å²) < 4.78 is 41.9. The lowest BCUT2D eigenvalue weighted by Gasteiger charge is -2.14. The Kier molecular flexibility index (Phi) is 4.05. The Morgan fingerprint density at radius 3 is 2.31 bits per heavy atom. The molecule has 0 aliphatic carbocycles. The van der Waals surface area contributed by atoms with Gasteiger partial charge in [0.1, 0.15) is 5.69 Å². The van der Waals surface area contributed by atoms with Crippen LogP contribution in [0.15, 0.2) is 65.0 Å². The highest BCUT2D eigenvalue weighted by Crippen LogP contribution is 2.52.